The van der Waals surface area contributed by atoms with E-state index in [1.54, 1.807) is 0 Å². The molecule has 0 radical (unpaired) electrons. The Morgan fingerprint density at radius 1 is 1.25 bits per heavy atom. The summed E-state index contributed by atoms with van der Waals surface area (Å²) < 4.78 is 7.29. The maximum absolute atomic E-state index is 12.5. The van der Waals surface area contributed by atoms with Crippen LogP contribution in [0.25, 0.3) is 10.1 Å². The number of likely N-dealkylation sites (tertiary alicyclic amines) is 1. The van der Waals surface area contributed by atoms with Gasteiger partial charge in [0.05, 0.1) is 10.4 Å². The molecular weight excluding hydrogens is 322 g/mol. The summed E-state index contributed by atoms with van der Waals surface area (Å²) in [5, 5.41) is 8.45. The van der Waals surface area contributed by atoms with E-state index in [-0.39, 0.29) is 6.03 Å². The Hall–Kier alpha value is -2.41. The van der Waals surface area contributed by atoms with Crippen LogP contribution in [0, 0.1) is 0 Å². The minimum Gasteiger partial charge on any atom is -0.324 e. The number of carbonyl (C=O) groups is 1. The number of nitrogens with zero attached hydrogens (tertiary/aromatic N) is 4. The maximum atomic E-state index is 12.5. The van der Waals surface area contributed by atoms with Crippen LogP contribution in [-0.2, 0) is 7.05 Å². The monoisotopic (exact) mass is 341 g/mol. The third-order valence-corrected chi connectivity index (χ3v) is 5.36. The van der Waals surface area contributed by atoms with Crippen molar-refractivity contribution in [2.75, 3.05) is 18.4 Å². The molecule has 0 spiro atoms. The number of fused-ring (bicyclic) bond motifs is 1. The van der Waals surface area contributed by atoms with Gasteiger partial charge in [-0.2, -0.15) is 9.47 Å². The van der Waals surface area contributed by atoms with Gasteiger partial charge in [0, 0.05) is 37.6 Å². The van der Waals surface area contributed by atoms with Crippen LogP contribution in [0.3, 0.4) is 0 Å². The number of rotatable bonds is 2. The summed E-state index contributed by atoms with van der Waals surface area (Å²) in [4.78, 5) is 14.4. The summed E-state index contributed by atoms with van der Waals surface area (Å²) in [6, 6.07) is 9.95. The molecule has 1 aliphatic heterocycles. The van der Waals surface area contributed by atoms with Crippen molar-refractivity contribution < 1.29 is 4.79 Å². The van der Waals surface area contributed by atoms with Gasteiger partial charge < -0.3 is 4.90 Å². The number of urea groups is 1. The molecule has 7 heteroatoms. The van der Waals surface area contributed by atoms with Gasteiger partial charge in [0.25, 0.3) is 0 Å². The third-order valence-electron chi connectivity index (χ3n) is 4.54. The molecule has 2 amide bonds. The highest BCUT2D eigenvalue weighted by Crippen LogP contribution is 2.29. The third kappa shape index (κ3) is 2.87. The van der Waals surface area contributed by atoms with Crippen molar-refractivity contribution in [2.45, 2.75) is 18.8 Å². The summed E-state index contributed by atoms with van der Waals surface area (Å²) in [7, 11) is 1.93. The second kappa shape index (κ2) is 6.24. The zero-order valence-electron chi connectivity index (χ0n) is 13.5. The molecule has 1 aliphatic rings. The fraction of sp³-hybridized carbons (Fsp3) is 0.353. The van der Waals surface area contributed by atoms with E-state index in [4.69, 9.17) is 0 Å². The van der Waals surface area contributed by atoms with Crippen LogP contribution in [0.5, 0.6) is 0 Å². The fourth-order valence-corrected chi connectivity index (χ4v) is 3.92. The summed E-state index contributed by atoms with van der Waals surface area (Å²) in [5.41, 5.74) is 1.13. The molecule has 0 atom stereocenters. The number of carbonyl (C=O) groups excluding carboxylic acids is 1. The first kappa shape index (κ1) is 15.1. The minimum absolute atomic E-state index is 0.0643. The average Bonchev–Trinajstić information content (AvgIpc) is 3.22. The number of hydrogen-bond acceptors (Lipinski definition) is 4. The van der Waals surface area contributed by atoms with E-state index in [9.17, 15) is 4.79 Å². The van der Waals surface area contributed by atoms with Gasteiger partial charge in [-0.3, -0.25) is 10.00 Å². The molecule has 0 aliphatic carbocycles. The van der Waals surface area contributed by atoms with E-state index in [1.807, 2.05) is 47.1 Å². The Bertz CT molecular complexity index is 863. The number of hydrogen-bond donors (Lipinski definition) is 1. The predicted molar refractivity (Wildman–Crippen MR) is 95.4 cm³/mol. The lowest BCUT2D eigenvalue weighted by Crippen LogP contribution is -2.40. The van der Waals surface area contributed by atoms with Crippen molar-refractivity contribution in [3.8, 4) is 0 Å². The Morgan fingerprint density at radius 3 is 2.79 bits per heavy atom. The molecule has 1 N–H and O–H groups in total. The van der Waals surface area contributed by atoms with E-state index in [2.05, 4.69) is 20.9 Å². The fourth-order valence-electron chi connectivity index (χ4n) is 3.19. The molecule has 124 valence electrons. The Morgan fingerprint density at radius 2 is 2.04 bits per heavy atom. The van der Waals surface area contributed by atoms with Gasteiger partial charge >= 0.3 is 6.03 Å². The first-order chi connectivity index (χ1) is 11.7. The van der Waals surface area contributed by atoms with Crippen molar-refractivity contribution >= 4 is 33.5 Å². The van der Waals surface area contributed by atoms with E-state index in [0.717, 1.165) is 41.7 Å². The number of anilines is 1. The molecule has 0 unspecified atom stereocenters. The quantitative estimate of drug-likeness (QED) is 0.776. The smallest absolute Gasteiger partial charge is 0.323 e. The lowest BCUT2D eigenvalue weighted by molar-refractivity contribution is 0.194. The highest BCUT2D eigenvalue weighted by molar-refractivity contribution is 7.13. The van der Waals surface area contributed by atoms with Crippen LogP contribution in [-0.4, -0.2) is 38.2 Å². The molecule has 0 bridgehead atoms. The topological polar surface area (TPSA) is 63.1 Å². The number of nitrogens with one attached hydrogen (secondary N) is 1. The molecular formula is C17H19N5OS. The van der Waals surface area contributed by atoms with Crippen molar-refractivity contribution in [1.29, 1.82) is 0 Å². The van der Waals surface area contributed by atoms with Gasteiger partial charge in [-0.1, -0.05) is 12.1 Å². The van der Waals surface area contributed by atoms with Gasteiger partial charge in [-0.25, -0.2) is 4.79 Å². The molecule has 1 saturated heterocycles. The number of benzene rings is 1. The highest BCUT2D eigenvalue weighted by atomic mass is 32.1. The summed E-state index contributed by atoms with van der Waals surface area (Å²) in [5.74, 6) is 1.10. The van der Waals surface area contributed by atoms with Crippen LogP contribution in [0.15, 0.2) is 36.5 Å². The molecule has 1 aromatic carbocycles. The first-order valence-corrected chi connectivity index (χ1v) is 8.88. The van der Waals surface area contributed by atoms with Crippen molar-refractivity contribution in [3.63, 3.8) is 0 Å². The molecule has 4 rings (SSSR count). The molecule has 1 fully saturated rings. The number of amides is 2. The lowest BCUT2D eigenvalue weighted by Gasteiger charge is -2.31. The van der Waals surface area contributed by atoms with Gasteiger partial charge in [0.2, 0.25) is 0 Å². The average molecular weight is 341 g/mol. The summed E-state index contributed by atoms with van der Waals surface area (Å²) in [6.07, 6.45) is 3.87. The molecule has 3 heterocycles. The van der Waals surface area contributed by atoms with Gasteiger partial charge in [-0.15, -0.1) is 0 Å². The number of aromatic nitrogens is 3. The first-order valence-electron chi connectivity index (χ1n) is 8.10. The molecule has 3 aromatic rings. The molecule has 0 saturated carbocycles. The van der Waals surface area contributed by atoms with Crippen LogP contribution < -0.4 is 5.32 Å². The van der Waals surface area contributed by atoms with Gasteiger partial charge in [0.15, 0.2) is 5.82 Å². The minimum atomic E-state index is -0.0643. The second-order valence-corrected chi connectivity index (χ2v) is 6.94. The lowest BCUT2D eigenvalue weighted by atomic mass is 9.94. The Labute approximate surface area is 144 Å². The van der Waals surface area contributed by atoms with Gasteiger partial charge in [-0.05, 0) is 42.6 Å². The van der Waals surface area contributed by atoms with E-state index in [1.165, 1.54) is 11.5 Å². The number of piperidine rings is 1. The predicted octanol–water partition coefficient (Wildman–Crippen LogP) is 3.44. The molecule has 6 nitrogen and oxygen atoms in total. The summed E-state index contributed by atoms with van der Waals surface area (Å²) in [6.45, 7) is 1.49. The van der Waals surface area contributed by atoms with Gasteiger partial charge in [0.1, 0.15) is 0 Å². The van der Waals surface area contributed by atoms with E-state index >= 15 is 0 Å². The van der Waals surface area contributed by atoms with Crippen molar-refractivity contribution in [2.24, 2.45) is 7.05 Å². The maximum Gasteiger partial charge on any atom is 0.323 e. The van der Waals surface area contributed by atoms with E-state index in [0.29, 0.717) is 11.7 Å². The van der Waals surface area contributed by atoms with Crippen molar-refractivity contribution in [1.82, 2.24) is 19.1 Å². The Balaban J connectivity index is 1.39. The van der Waals surface area contributed by atoms with Crippen molar-refractivity contribution in [3.05, 3.63) is 42.2 Å². The SMILES string of the molecule is Cn1ccc(C2CCN(C(=O)Nc3nsc4ccccc34)CC2)n1. The number of aryl methyl sites for hydroxylation is 1. The highest BCUT2D eigenvalue weighted by Gasteiger charge is 2.25. The summed E-state index contributed by atoms with van der Waals surface area (Å²) >= 11 is 1.41. The molecule has 2 aromatic heterocycles. The second-order valence-electron chi connectivity index (χ2n) is 6.13. The largest absolute Gasteiger partial charge is 0.324 e. The van der Waals surface area contributed by atoms with Crippen LogP contribution >= 0.6 is 11.5 Å². The van der Waals surface area contributed by atoms with Crippen LogP contribution in [0.2, 0.25) is 0 Å². The normalized spacial score (nSPS) is 15.8. The zero-order chi connectivity index (χ0) is 16.5. The van der Waals surface area contributed by atoms with Crippen LogP contribution in [0.1, 0.15) is 24.5 Å². The van der Waals surface area contributed by atoms with E-state index < -0.39 is 0 Å². The van der Waals surface area contributed by atoms with Crippen LogP contribution in [0.4, 0.5) is 10.6 Å². The molecule has 24 heavy (non-hydrogen) atoms. The zero-order valence-corrected chi connectivity index (χ0v) is 14.3. The Kier molecular flexibility index (Phi) is 3.93. The standard InChI is InChI=1S/C17H19N5OS/c1-21-9-8-14(19-21)12-6-10-22(11-7-12)17(23)18-16-13-4-2-3-5-15(13)24-20-16/h2-5,8-9,12H,6-7,10-11H2,1H3,(H,18,20,23).